The first-order valence-electron chi connectivity index (χ1n) is 5.17. The molecule has 0 aliphatic rings. The zero-order chi connectivity index (χ0) is 11.0. The van der Waals surface area contributed by atoms with E-state index < -0.39 is 0 Å². The standard InChI is InChI=1S/C11H16N4/c1-7(2)10-5-13-8(3)15-6-9(4-12)14-11(10)15/h5-7H,4,12H2,1-3H3. The van der Waals surface area contributed by atoms with Gasteiger partial charge in [0.2, 0.25) is 0 Å². The van der Waals surface area contributed by atoms with Crippen LogP contribution in [0.2, 0.25) is 0 Å². The molecule has 2 heterocycles. The van der Waals surface area contributed by atoms with Crippen molar-refractivity contribution in [1.29, 1.82) is 0 Å². The van der Waals surface area contributed by atoms with Crippen LogP contribution in [0.3, 0.4) is 0 Å². The molecule has 0 saturated carbocycles. The molecule has 0 atom stereocenters. The van der Waals surface area contributed by atoms with Crippen molar-refractivity contribution in [2.24, 2.45) is 5.73 Å². The summed E-state index contributed by atoms with van der Waals surface area (Å²) in [5.41, 5.74) is 8.66. The van der Waals surface area contributed by atoms with E-state index in [1.165, 1.54) is 5.56 Å². The molecule has 2 N–H and O–H groups in total. The minimum Gasteiger partial charge on any atom is -0.325 e. The highest BCUT2D eigenvalue weighted by Gasteiger charge is 2.10. The molecule has 0 aliphatic heterocycles. The SMILES string of the molecule is Cc1ncc(C(C)C)c2nc(CN)cn12. The number of aromatic nitrogens is 3. The van der Waals surface area contributed by atoms with Gasteiger partial charge in [0.25, 0.3) is 0 Å². The first-order chi connectivity index (χ1) is 7.13. The van der Waals surface area contributed by atoms with Gasteiger partial charge in [-0.15, -0.1) is 0 Å². The first kappa shape index (κ1) is 10.1. The molecule has 2 aromatic heterocycles. The zero-order valence-electron chi connectivity index (χ0n) is 9.36. The predicted octanol–water partition coefficient (Wildman–Crippen LogP) is 1.62. The molecule has 0 amide bonds. The summed E-state index contributed by atoms with van der Waals surface area (Å²) in [7, 11) is 0. The number of imidazole rings is 1. The maximum atomic E-state index is 5.59. The van der Waals surface area contributed by atoms with Crippen LogP contribution in [0.4, 0.5) is 0 Å². The van der Waals surface area contributed by atoms with Gasteiger partial charge in [-0.3, -0.25) is 4.40 Å². The van der Waals surface area contributed by atoms with Gasteiger partial charge in [-0.25, -0.2) is 9.97 Å². The quantitative estimate of drug-likeness (QED) is 0.808. The van der Waals surface area contributed by atoms with E-state index in [1.807, 2.05) is 23.7 Å². The molecule has 0 unspecified atom stereocenters. The van der Waals surface area contributed by atoms with E-state index in [2.05, 4.69) is 23.8 Å². The van der Waals surface area contributed by atoms with Crippen molar-refractivity contribution in [2.45, 2.75) is 33.2 Å². The summed E-state index contributed by atoms with van der Waals surface area (Å²) in [6.45, 7) is 6.73. The second-order valence-corrected chi connectivity index (χ2v) is 4.05. The fraction of sp³-hybridized carbons (Fsp3) is 0.455. The Morgan fingerprint density at radius 3 is 2.80 bits per heavy atom. The maximum Gasteiger partial charge on any atom is 0.143 e. The highest BCUT2D eigenvalue weighted by atomic mass is 15.1. The van der Waals surface area contributed by atoms with E-state index in [0.717, 1.165) is 17.2 Å². The van der Waals surface area contributed by atoms with E-state index in [-0.39, 0.29) is 0 Å². The second-order valence-electron chi connectivity index (χ2n) is 4.05. The molecule has 0 saturated heterocycles. The van der Waals surface area contributed by atoms with Crippen LogP contribution in [0.1, 0.15) is 36.8 Å². The topological polar surface area (TPSA) is 56.2 Å². The largest absolute Gasteiger partial charge is 0.325 e. The summed E-state index contributed by atoms with van der Waals surface area (Å²) < 4.78 is 2.01. The average molecular weight is 204 g/mol. The summed E-state index contributed by atoms with van der Waals surface area (Å²) >= 11 is 0. The number of nitrogens with two attached hydrogens (primary N) is 1. The Kier molecular flexibility index (Phi) is 2.44. The lowest BCUT2D eigenvalue weighted by molar-refractivity contribution is 0.838. The van der Waals surface area contributed by atoms with Gasteiger partial charge in [-0.2, -0.15) is 0 Å². The Hall–Kier alpha value is -1.42. The van der Waals surface area contributed by atoms with Crippen molar-refractivity contribution in [1.82, 2.24) is 14.4 Å². The normalized spacial score (nSPS) is 11.5. The Morgan fingerprint density at radius 2 is 2.20 bits per heavy atom. The van der Waals surface area contributed by atoms with Crippen LogP contribution < -0.4 is 5.73 Å². The zero-order valence-corrected chi connectivity index (χ0v) is 9.36. The lowest BCUT2D eigenvalue weighted by Crippen LogP contribution is -2.00. The Balaban J connectivity index is 2.74. The molecule has 15 heavy (non-hydrogen) atoms. The third kappa shape index (κ3) is 1.61. The number of aryl methyl sites for hydroxylation is 1. The Morgan fingerprint density at radius 1 is 1.47 bits per heavy atom. The van der Waals surface area contributed by atoms with Gasteiger partial charge >= 0.3 is 0 Å². The third-order valence-electron chi connectivity index (χ3n) is 2.58. The summed E-state index contributed by atoms with van der Waals surface area (Å²) in [5.74, 6) is 1.37. The third-order valence-corrected chi connectivity index (χ3v) is 2.58. The molecule has 0 aliphatic carbocycles. The monoisotopic (exact) mass is 204 g/mol. The fourth-order valence-electron chi connectivity index (χ4n) is 1.67. The average Bonchev–Trinajstić information content (AvgIpc) is 2.62. The number of nitrogens with zero attached hydrogens (tertiary/aromatic N) is 3. The van der Waals surface area contributed by atoms with Crippen LogP contribution >= 0.6 is 0 Å². The summed E-state index contributed by atoms with van der Waals surface area (Å²) in [5, 5.41) is 0. The number of rotatable bonds is 2. The van der Waals surface area contributed by atoms with Crippen molar-refractivity contribution in [3.05, 3.63) is 29.5 Å². The van der Waals surface area contributed by atoms with Crippen LogP contribution in [0.15, 0.2) is 12.4 Å². The van der Waals surface area contributed by atoms with Crippen LogP contribution in [-0.4, -0.2) is 14.4 Å². The van der Waals surface area contributed by atoms with Crippen molar-refractivity contribution < 1.29 is 0 Å². The number of fused-ring (bicyclic) bond motifs is 1. The minimum atomic E-state index is 0.425. The van der Waals surface area contributed by atoms with Crippen LogP contribution in [-0.2, 0) is 6.54 Å². The summed E-state index contributed by atoms with van der Waals surface area (Å²) in [6, 6.07) is 0. The fourth-order valence-corrected chi connectivity index (χ4v) is 1.67. The molecule has 0 fully saturated rings. The number of hydrogen-bond donors (Lipinski definition) is 1. The van der Waals surface area contributed by atoms with Crippen molar-refractivity contribution in [3.8, 4) is 0 Å². The summed E-state index contributed by atoms with van der Waals surface area (Å²) in [6.07, 6.45) is 3.87. The van der Waals surface area contributed by atoms with Gasteiger partial charge < -0.3 is 5.73 Å². The Labute approximate surface area is 89.2 Å². The minimum absolute atomic E-state index is 0.425. The first-order valence-corrected chi connectivity index (χ1v) is 5.17. The second kappa shape index (κ2) is 3.62. The summed E-state index contributed by atoms with van der Waals surface area (Å²) in [4.78, 5) is 8.87. The van der Waals surface area contributed by atoms with Crippen molar-refractivity contribution >= 4 is 5.65 Å². The van der Waals surface area contributed by atoms with Gasteiger partial charge in [0.15, 0.2) is 0 Å². The smallest absolute Gasteiger partial charge is 0.143 e. The van der Waals surface area contributed by atoms with Gasteiger partial charge in [-0.1, -0.05) is 13.8 Å². The molecular formula is C11H16N4. The predicted molar refractivity (Wildman–Crippen MR) is 59.7 cm³/mol. The van der Waals surface area contributed by atoms with Gasteiger partial charge in [0, 0.05) is 24.5 Å². The van der Waals surface area contributed by atoms with E-state index in [9.17, 15) is 0 Å². The van der Waals surface area contributed by atoms with Crippen LogP contribution in [0.5, 0.6) is 0 Å². The van der Waals surface area contributed by atoms with E-state index in [4.69, 9.17) is 5.73 Å². The van der Waals surface area contributed by atoms with Crippen molar-refractivity contribution in [3.63, 3.8) is 0 Å². The lowest BCUT2D eigenvalue weighted by Gasteiger charge is -2.07. The van der Waals surface area contributed by atoms with E-state index in [1.54, 1.807) is 0 Å². The highest BCUT2D eigenvalue weighted by Crippen LogP contribution is 2.19. The molecule has 0 aromatic carbocycles. The van der Waals surface area contributed by atoms with Crippen LogP contribution in [0.25, 0.3) is 5.65 Å². The molecular weight excluding hydrogens is 188 g/mol. The molecule has 2 rings (SSSR count). The molecule has 0 radical (unpaired) electrons. The number of hydrogen-bond acceptors (Lipinski definition) is 3. The van der Waals surface area contributed by atoms with Gasteiger partial charge in [0.1, 0.15) is 11.5 Å². The molecule has 0 bridgehead atoms. The van der Waals surface area contributed by atoms with Crippen molar-refractivity contribution in [2.75, 3.05) is 0 Å². The van der Waals surface area contributed by atoms with Gasteiger partial charge in [-0.05, 0) is 12.8 Å². The highest BCUT2D eigenvalue weighted by molar-refractivity contribution is 5.50. The molecule has 2 aromatic rings. The van der Waals surface area contributed by atoms with Gasteiger partial charge in [0.05, 0.1) is 5.69 Å². The molecule has 80 valence electrons. The molecule has 4 nitrogen and oxygen atoms in total. The molecule has 4 heteroatoms. The van der Waals surface area contributed by atoms with E-state index >= 15 is 0 Å². The van der Waals surface area contributed by atoms with E-state index in [0.29, 0.717) is 12.5 Å². The molecule has 0 spiro atoms. The Bertz CT molecular complexity index is 485. The maximum absolute atomic E-state index is 5.59. The van der Waals surface area contributed by atoms with Crippen LogP contribution in [0, 0.1) is 6.92 Å². The lowest BCUT2D eigenvalue weighted by atomic mass is 10.1.